The Morgan fingerprint density at radius 2 is 2.00 bits per heavy atom. The van der Waals surface area contributed by atoms with Gasteiger partial charge in [-0.2, -0.15) is 0 Å². The van der Waals surface area contributed by atoms with E-state index in [0.717, 1.165) is 18.2 Å². The summed E-state index contributed by atoms with van der Waals surface area (Å²) in [6.45, 7) is 0.0190. The van der Waals surface area contributed by atoms with Crippen molar-refractivity contribution in [3.63, 3.8) is 0 Å². The minimum absolute atomic E-state index is 0.0190. The Balaban J connectivity index is 2.07. The SMILES string of the molecule is COc1cc(NCC(O)c2cc(F)ccc2F)ccc1Cl. The zero-order valence-electron chi connectivity index (χ0n) is 11.2. The van der Waals surface area contributed by atoms with E-state index < -0.39 is 17.7 Å². The molecule has 0 amide bonds. The van der Waals surface area contributed by atoms with Gasteiger partial charge in [-0.3, -0.25) is 0 Å². The molecule has 0 spiro atoms. The molecule has 0 saturated carbocycles. The van der Waals surface area contributed by atoms with E-state index in [1.165, 1.54) is 7.11 Å². The predicted molar refractivity (Wildman–Crippen MR) is 77.8 cm³/mol. The second-order valence-electron chi connectivity index (χ2n) is 4.41. The number of aliphatic hydroxyl groups excluding tert-OH is 1. The number of anilines is 1. The average molecular weight is 314 g/mol. The largest absolute Gasteiger partial charge is 0.495 e. The Morgan fingerprint density at radius 3 is 2.71 bits per heavy atom. The fourth-order valence-corrected chi connectivity index (χ4v) is 2.06. The summed E-state index contributed by atoms with van der Waals surface area (Å²) < 4.78 is 31.7. The Bertz CT molecular complexity index is 637. The first-order valence-electron chi connectivity index (χ1n) is 6.21. The van der Waals surface area contributed by atoms with Crippen LogP contribution in [0.2, 0.25) is 5.02 Å². The Kier molecular flexibility index (Phi) is 4.98. The molecule has 0 aromatic heterocycles. The summed E-state index contributed by atoms with van der Waals surface area (Å²) in [4.78, 5) is 0. The fraction of sp³-hybridized carbons (Fsp3) is 0.200. The van der Waals surface area contributed by atoms with Gasteiger partial charge in [0.2, 0.25) is 0 Å². The minimum Gasteiger partial charge on any atom is -0.495 e. The Labute approximate surface area is 126 Å². The van der Waals surface area contributed by atoms with E-state index in [-0.39, 0.29) is 12.1 Å². The number of halogens is 3. The van der Waals surface area contributed by atoms with Crippen LogP contribution in [0, 0.1) is 11.6 Å². The van der Waals surface area contributed by atoms with E-state index in [0.29, 0.717) is 16.5 Å². The Hall–Kier alpha value is -1.85. The maximum Gasteiger partial charge on any atom is 0.139 e. The second kappa shape index (κ2) is 6.74. The van der Waals surface area contributed by atoms with Crippen molar-refractivity contribution in [2.45, 2.75) is 6.10 Å². The molecule has 2 N–H and O–H groups in total. The van der Waals surface area contributed by atoms with Crippen LogP contribution in [0.4, 0.5) is 14.5 Å². The normalized spacial score (nSPS) is 12.0. The zero-order chi connectivity index (χ0) is 15.4. The van der Waals surface area contributed by atoms with Crippen LogP contribution in [0.15, 0.2) is 36.4 Å². The molecule has 0 bridgehead atoms. The van der Waals surface area contributed by atoms with Crippen molar-refractivity contribution in [2.75, 3.05) is 19.0 Å². The highest BCUT2D eigenvalue weighted by Gasteiger charge is 2.14. The van der Waals surface area contributed by atoms with Crippen molar-refractivity contribution in [3.05, 3.63) is 58.6 Å². The molecule has 21 heavy (non-hydrogen) atoms. The maximum absolute atomic E-state index is 13.5. The molecule has 0 aliphatic heterocycles. The molecule has 0 saturated heterocycles. The first-order chi connectivity index (χ1) is 10.0. The van der Waals surface area contributed by atoms with Crippen LogP contribution >= 0.6 is 11.6 Å². The standard InChI is InChI=1S/C15H14ClF2NO2/c1-21-15-7-10(3-4-12(15)16)19-8-14(20)11-6-9(17)2-5-13(11)18/h2-7,14,19-20H,8H2,1H3. The predicted octanol–water partition coefficient (Wildman–Crippen LogP) is 3.77. The summed E-state index contributed by atoms with van der Waals surface area (Å²) in [5, 5.41) is 13.3. The summed E-state index contributed by atoms with van der Waals surface area (Å²) in [5.74, 6) is -0.772. The van der Waals surface area contributed by atoms with E-state index in [1.807, 2.05) is 0 Å². The highest BCUT2D eigenvalue weighted by molar-refractivity contribution is 6.32. The third kappa shape index (κ3) is 3.83. The van der Waals surface area contributed by atoms with Gasteiger partial charge in [0.1, 0.15) is 17.4 Å². The summed E-state index contributed by atoms with van der Waals surface area (Å²) in [6.07, 6.45) is -1.18. The molecule has 2 aromatic carbocycles. The van der Waals surface area contributed by atoms with Gasteiger partial charge in [0.15, 0.2) is 0 Å². The lowest BCUT2D eigenvalue weighted by Crippen LogP contribution is -2.13. The van der Waals surface area contributed by atoms with Gasteiger partial charge >= 0.3 is 0 Å². The molecular weight excluding hydrogens is 300 g/mol. The third-order valence-corrected chi connectivity index (χ3v) is 3.28. The number of aliphatic hydroxyl groups is 1. The van der Waals surface area contributed by atoms with Gasteiger partial charge in [0, 0.05) is 23.9 Å². The molecular formula is C15H14ClF2NO2. The second-order valence-corrected chi connectivity index (χ2v) is 4.82. The maximum atomic E-state index is 13.5. The molecule has 1 unspecified atom stereocenters. The van der Waals surface area contributed by atoms with Crippen molar-refractivity contribution in [1.82, 2.24) is 0 Å². The molecule has 2 aromatic rings. The number of methoxy groups -OCH3 is 1. The molecule has 0 aliphatic rings. The lowest BCUT2D eigenvalue weighted by molar-refractivity contribution is 0.186. The van der Waals surface area contributed by atoms with Crippen molar-refractivity contribution in [3.8, 4) is 5.75 Å². The summed E-state index contributed by atoms with van der Waals surface area (Å²) in [5.41, 5.74) is 0.551. The van der Waals surface area contributed by atoms with Crippen LogP contribution in [0.3, 0.4) is 0 Å². The summed E-state index contributed by atoms with van der Waals surface area (Å²) >= 11 is 5.90. The van der Waals surface area contributed by atoms with E-state index in [2.05, 4.69) is 5.32 Å². The van der Waals surface area contributed by atoms with Gasteiger partial charge < -0.3 is 15.2 Å². The van der Waals surface area contributed by atoms with Crippen LogP contribution in [0.5, 0.6) is 5.75 Å². The van der Waals surface area contributed by atoms with Crippen LogP contribution in [0.25, 0.3) is 0 Å². The van der Waals surface area contributed by atoms with Crippen LogP contribution in [0.1, 0.15) is 11.7 Å². The number of hydrogen-bond acceptors (Lipinski definition) is 3. The van der Waals surface area contributed by atoms with Crippen molar-refractivity contribution in [2.24, 2.45) is 0 Å². The third-order valence-electron chi connectivity index (χ3n) is 2.97. The molecule has 0 radical (unpaired) electrons. The molecule has 2 rings (SSSR count). The lowest BCUT2D eigenvalue weighted by atomic mass is 10.1. The fourth-order valence-electron chi connectivity index (χ4n) is 1.86. The highest BCUT2D eigenvalue weighted by Crippen LogP contribution is 2.28. The van der Waals surface area contributed by atoms with Gasteiger partial charge in [-0.05, 0) is 30.3 Å². The summed E-state index contributed by atoms with van der Waals surface area (Å²) in [7, 11) is 1.49. The van der Waals surface area contributed by atoms with Crippen LogP contribution in [-0.4, -0.2) is 18.8 Å². The van der Waals surface area contributed by atoms with E-state index in [4.69, 9.17) is 16.3 Å². The van der Waals surface area contributed by atoms with E-state index in [9.17, 15) is 13.9 Å². The summed E-state index contributed by atoms with van der Waals surface area (Å²) in [6, 6.07) is 7.95. The molecule has 6 heteroatoms. The van der Waals surface area contributed by atoms with Gasteiger partial charge in [0.05, 0.1) is 18.2 Å². The highest BCUT2D eigenvalue weighted by atomic mass is 35.5. The van der Waals surface area contributed by atoms with Gasteiger partial charge in [-0.1, -0.05) is 11.6 Å². The van der Waals surface area contributed by atoms with Crippen molar-refractivity contribution < 1.29 is 18.6 Å². The molecule has 1 atom stereocenters. The molecule has 3 nitrogen and oxygen atoms in total. The van der Waals surface area contributed by atoms with Crippen molar-refractivity contribution in [1.29, 1.82) is 0 Å². The van der Waals surface area contributed by atoms with Gasteiger partial charge in [-0.25, -0.2) is 8.78 Å². The molecule has 0 aliphatic carbocycles. The minimum atomic E-state index is -1.18. The zero-order valence-corrected chi connectivity index (χ0v) is 12.0. The number of nitrogens with one attached hydrogen (secondary N) is 1. The molecule has 112 valence electrons. The van der Waals surface area contributed by atoms with E-state index in [1.54, 1.807) is 18.2 Å². The van der Waals surface area contributed by atoms with Crippen molar-refractivity contribution >= 4 is 17.3 Å². The first-order valence-corrected chi connectivity index (χ1v) is 6.59. The van der Waals surface area contributed by atoms with Gasteiger partial charge in [0.25, 0.3) is 0 Å². The molecule has 0 heterocycles. The Morgan fingerprint density at radius 1 is 1.24 bits per heavy atom. The monoisotopic (exact) mass is 313 g/mol. The number of ether oxygens (including phenoxy) is 1. The molecule has 0 fully saturated rings. The number of rotatable bonds is 5. The smallest absolute Gasteiger partial charge is 0.139 e. The first kappa shape index (κ1) is 15.5. The number of hydrogen-bond donors (Lipinski definition) is 2. The topological polar surface area (TPSA) is 41.5 Å². The van der Waals surface area contributed by atoms with Crippen LogP contribution in [-0.2, 0) is 0 Å². The van der Waals surface area contributed by atoms with Crippen LogP contribution < -0.4 is 10.1 Å². The average Bonchev–Trinajstić information content (AvgIpc) is 2.48. The quantitative estimate of drug-likeness (QED) is 0.883. The lowest BCUT2D eigenvalue weighted by Gasteiger charge is -2.15. The number of benzene rings is 2. The van der Waals surface area contributed by atoms with E-state index >= 15 is 0 Å². The van der Waals surface area contributed by atoms with Gasteiger partial charge in [-0.15, -0.1) is 0 Å².